The van der Waals surface area contributed by atoms with E-state index >= 15 is 0 Å². The molecule has 21 heavy (non-hydrogen) atoms. The molecule has 1 aromatic carbocycles. The predicted octanol–water partition coefficient (Wildman–Crippen LogP) is 3.71. The van der Waals surface area contributed by atoms with Crippen LogP contribution in [0, 0.1) is 22.3 Å². The molecule has 1 aliphatic rings. The summed E-state index contributed by atoms with van der Waals surface area (Å²) in [5, 5.41) is 0. The van der Waals surface area contributed by atoms with Crippen molar-refractivity contribution in [3.63, 3.8) is 0 Å². The first-order chi connectivity index (χ1) is 9.95. The Bertz CT molecular complexity index is 720. The summed E-state index contributed by atoms with van der Waals surface area (Å²) in [5.41, 5.74) is 0.806. The molecule has 1 saturated heterocycles. The number of rotatable bonds is 3. The van der Waals surface area contributed by atoms with Crippen LogP contribution in [0.15, 0.2) is 12.1 Å². The average molecular weight is 311 g/mol. The van der Waals surface area contributed by atoms with Crippen molar-refractivity contribution in [2.45, 2.75) is 32.9 Å². The highest BCUT2D eigenvalue weighted by Crippen LogP contribution is 2.24. The summed E-state index contributed by atoms with van der Waals surface area (Å²) >= 11 is 5.28. The molecule has 0 aliphatic carbocycles. The summed E-state index contributed by atoms with van der Waals surface area (Å²) in [6.07, 6.45) is 1.09. The van der Waals surface area contributed by atoms with Gasteiger partial charge >= 0.3 is 0 Å². The Kier molecular flexibility index (Phi) is 3.84. The standard InChI is InChI=1S/C15H19F2N3S/c1-9(2)19-4-3-10(7-19)8-20-13-6-11(16)5-12(17)14(13)18-15(20)21/h5-6,9-10H,3-4,7-8H2,1-2H3,(H,18,21). The fourth-order valence-corrected chi connectivity index (χ4v) is 3.38. The van der Waals surface area contributed by atoms with Gasteiger partial charge in [0, 0.05) is 25.2 Å². The zero-order valence-electron chi connectivity index (χ0n) is 12.2. The molecule has 2 aromatic rings. The van der Waals surface area contributed by atoms with Crippen LogP contribution < -0.4 is 0 Å². The molecule has 1 aromatic heterocycles. The van der Waals surface area contributed by atoms with Crippen molar-refractivity contribution in [2.75, 3.05) is 13.1 Å². The number of hydrogen-bond acceptors (Lipinski definition) is 2. The minimum atomic E-state index is -0.593. The maximum Gasteiger partial charge on any atom is 0.178 e. The van der Waals surface area contributed by atoms with E-state index < -0.39 is 11.6 Å². The van der Waals surface area contributed by atoms with Crippen molar-refractivity contribution in [2.24, 2.45) is 5.92 Å². The van der Waals surface area contributed by atoms with Crippen LogP contribution in [0.4, 0.5) is 8.78 Å². The van der Waals surface area contributed by atoms with Gasteiger partial charge in [0.15, 0.2) is 10.6 Å². The summed E-state index contributed by atoms with van der Waals surface area (Å²) in [5.74, 6) is -0.701. The summed E-state index contributed by atoms with van der Waals surface area (Å²) < 4.78 is 29.5. The van der Waals surface area contributed by atoms with E-state index in [9.17, 15) is 8.78 Å². The molecule has 6 heteroatoms. The summed E-state index contributed by atoms with van der Waals surface area (Å²) in [6.45, 7) is 7.14. The van der Waals surface area contributed by atoms with Gasteiger partial charge in [0.2, 0.25) is 0 Å². The van der Waals surface area contributed by atoms with E-state index in [1.807, 2.05) is 4.57 Å². The number of halogens is 2. The fourth-order valence-electron chi connectivity index (χ4n) is 3.10. The van der Waals surface area contributed by atoms with Crippen molar-refractivity contribution in [1.29, 1.82) is 0 Å². The number of H-pyrrole nitrogens is 1. The molecule has 1 fully saturated rings. The smallest absolute Gasteiger partial charge is 0.178 e. The van der Waals surface area contributed by atoms with Gasteiger partial charge in [-0.15, -0.1) is 0 Å². The molecule has 0 saturated carbocycles. The van der Waals surface area contributed by atoms with Gasteiger partial charge in [0.05, 0.1) is 5.52 Å². The molecule has 3 nitrogen and oxygen atoms in total. The Labute approximate surface area is 127 Å². The molecular weight excluding hydrogens is 292 g/mol. The number of imidazole rings is 1. The predicted molar refractivity (Wildman–Crippen MR) is 81.9 cm³/mol. The molecule has 2 heterocycles. The minimum Gasteiger partial charge on any atom is -0.328 e. The first-order valence-corrected chi connectivity index (χ1v) is 7.68. The van der Waals surface area contributed by atoms with Crippen LogP contribution >= 0.6 is 12.2 Å². The zero-order valence-corrected chi connectivity index (χ0v) is 13.0. The van der Waals surface area contributed by atoms with Crippen LogP contribution in [0.25, 0.3) is 11.0 Å². The third kappa shape index (κ3) is 2.74. The highest BCUT2D eigenvalue weighted by atomic mass is 32.1. The van der Waals surface area contributed by atoms with Crippen LogP contribution in [-0.4, -0.2) is 33.6 Å². The molecule has 1 atom stereocenters. The lowest BCUT2D eigenvalue weighted by Gasteiger charge is -2.20. The second-order valence-electron chi connectivity index (χ2n) is 6.07. The summed E-state index contributed by atoms with van der Waals surface area (Å²) in [6, 6.07) is 2.76. The Hall–Kier alpha value is -1.27. The minimum absolute atomic E-state index is 0.292. The Balaban J connectivity index is 1.91. The lowest BCUT2D eigenvalue weighted by atomic mass is 10.1. The number of hydrogen-bond donors (Lipinski definition) is 1. The largest absolute Gasteiger partial charge is 0.328 e. The Morgan fingerprint density at radius 3 is 2.81 bits per heavy atom. The normalized spacial score (nSPS) is 20.0. The van der Waals surface area contributed by atoms with Gasteiger partial charge in [0.1, 0.15) is 11.3 Å². The van der Waals surface area contributed by atoms with E-state index in [4.69, 9.17) is 12.2 Å². The second kappa shape index (κ2) is 5.50. The zero-order chi connectivity index (χ0) is 15.1. The van der Waals surface area contributed by atoms with E-state index in [0.29, 0.717) is 34.3 Å². The van der Waals surface area contributed by atoms with Crippen LogP contribution in [0.2, 0.25) is 0 Å². The van der Waals surface area contributed by atoms with Crippen LogP contribution in [0.1, 0.15) is 20.3 Å². The topological polar surface area (TPSA) is 24.0 Å². The van der Waals surface area contributed by atoms with Gasteiger partial charge in [-0.2, -0.15) is 0 Å². The Morgan fingerprint density at radius 1 is 1.38 bits per heavy atom. The van der Waals surface area contributed by atoms with Crippen molar-refractivity contribution < 1.29 is 8.78 Å². The molecule has 1 aliphatic heterocycles. The maximum absolute atomic E-state index is 13.8. The number of benzene rings is 1. The van der Waals surface area contributed by atoms with E-state index in [0.717, 1.165) is 25.6 Å². The van der Waals surface area contributed by atoms with Crippen LogP contribution in [0.5, 0.6) is 0 Å². The van der Waals surface area contributed by atoms with E-state index in [-0.39, 0.29) is 0 Å². The lowest BCUT2D eigenvalue weighted by molar-refractivity contribution is 0.261. The quantitative estimate of drug-likeness (QED) is 0.874. The number of aromatic nitrogens is 2. The number of nitrogens with one attached hydrogen (secondary N) is 1. The van der Waals surface area contributed by atoms with Crippen molar-refractivity contribution in [1.82, 2.24) is 14.5 Å². The Morgan fingerprint density at radius 2 is 2.14 bits per heavy atom. The van der Waals surface area contributed by atoms with Gasteiger partial charge in [-0.05, 0) is 51.0 Å². The van der Waals surface area contributed by atoms with Crippen molar-refractivity contribution >= 4 is 23.3 Å². The second-order valence-corrected chi connectivity index (χ2v) is 6.45. The van der Waals surface area contributed by atoms with Crippen LogP contribution in [0.3, 0.4) is 0 Å². The first-order valence-electron chi connectivity index (χ1n) is 7.27. The molecule has 3 rings (SSSR count). The van der Waals surface area contributed by atoms with Crippen molar-refractivity contribution in [3.05, 3.63) is 28.5 Å². The third-order valence-electron chi connectivity index (χ3n) is 4.29. The van der Waals surface area contributed by atoms with E-state index in [1.165, 1.54) is 6.07 Å². The molecule has 0 bridgehead atoms. The molecule has 0 amide bonds. The molecule has 0 spiro atoms. The first kappa shape index (κ1) is 14.7. The molecule has 114 valence electrons. The molecule has 0 radical (unpaired) electrons. The molecule has 1 unspecified atom stereocenters. The highest BCUT2D eigenvalue weighted by molar-refractivity contribution is 7.71. The van der Waals surface area contributed by atoms with Gasteiger partial charge in [-0.3, -0.25) is 0 Å². The maximum atomic E-state index is 13.8. The van der Waals surface area contributed by atoms with E-state index in [2.05, 4.69) is 23.7 Å². The van der Waals surface area contributed by atoms with Gasteiger partial charge < -0.3 is 14.5 Å². The molecular formula is C15H19F2N3S. The number of likely N-dealkylation sites (tertiary alicyclic amines) is 1. The number of nitrogens with zero attached hydrogens (tertiary/aromatic N) is 2. The SMILES string of the molecule is CC(C)N1CCC(Cn2c(=S)[nH]c3c(F)cc(F)cc32)C1. The van der Waals surface area contributed by atoms with Gasteiger partial charge in [0.25, 0.3) is 0 Å². The monoisotopic (exact) mass is 311 g/mol. The van der Waals surface area contributed by atoms with Crippen molar-refractivity contribution in [3.8, 4) is 0 Å². The summed E-state index contributed by atoms with van der Waals surface area (Å²) in [7, 11) is 0. The third-order valence-corrected chi connectivity index (χ3v) is 4.61. The van der Waals surface area contributed by atoms with Gasteiger partial charge in [-0.25, -0.2) is 8.78 Å². The number of fused-ring (bicyclic) bond motifs is 1. The average Bonchev–Trinajstić information content (AvgIpc) is 2.98. The fraction of sp³-hybridized carbons (Fsp3) is 0.533. The number of aromatic amines is 1. The highest BCUT2D eigenvalue weighted by Gasteiger charge is 2.25. The molecule has 1 N–H and O–H groups in total. The lowest BCUT2D eigenvalue weighted by Crippen LogP contribution is -2.28. The summed E-state index contributed by atoms with van der Waals surface area (Å²) in [4.78, 5) is 5.27. The van der Waals surface area contributed by atoms with E-state index in [1.54, 1.807) is 0 Å². The van der Waals surface area contributed by atoms with Gasteiger partial charge in [-0.1, -0.05) is 0 Å². The van der Waals surface area contributed by atoms with Crippen LogP contribution in [-0.2, 0) is 6.54 Å².